The number of nitrogens with one attached hydrogen (secondary N) is 1. The molecule has 1 aromatic heterocycles. The lowest BCUT2D eigenvalue weighted by atomic mass is 9.83. The summed E-state index contributed by atoms with van der Waals surface area (Å²) in [5, 5.41) is 0.794. The van der Waals surface area contributed by atoms with Gasteiger partial charge in [-0.3, -0.25) is 4.79 Å². The molecule has 2 heterocycles. The molecule has 4 heteroatoms. The smallest absolute Gasteiger partial charge is 0.232 e. The number of aromatic nitrogens is 1. The maximum absolute atomic E-state index is 13.5. The van der Waals surface area contributed by atoms with Crippen LogP contribution in [-0.2, 0) is 10.2 Å². The third-order valence-corrected chi connectivity index (χ3v) is 4.25. The van der Waals surface area contributed by atoms with Crippen LogP contribution < -0.4 is 0 Å². The molecule has 106 valence electrons. The maximum atomic E-state index is 13.5. The van der Waals surface area contributed by atoms with Crippen LogP contribution in [-0.4, -0.2) is 28.9 Å². The van der Waals surface area contributed by atoms with Gasteiger partial charge in [0, 0.05) is 30.2 Å². The summed E-state index contributed by atoms with van der Waals surface area (Å²) in [6.07, 6.45) is 3.98. The standard InChI is InChI=1S/C16H19FN2O/c1-16(2,15(20)19-7-3-4-8-19)13-10-18-14-6-5-11(17)9-12(13)14/h5-6,9-10,18H,3-4,7-8H2,1-2H3. The first-order chi connectivity index (χ1) is 9.50. The lowest BCUT2D eigenvalue weighted by Crippen LogP contribution is -2.41. The van der Waals surface area contributed by atoms with Crippen molar-refractivity contribution in [3.8, 4) is 0 Å². The summed E-state index contributed by atoms with van der Waals surface area (Å²) in [5.41, 5.74) is 1.09. The number of nitrogens with zero attached hydrogens (tertiary/aromatic N) is 1. The fourth-order valence-corrected chi connectivity index (χ4v) is 3.04. The minimum absolute atomic E-state index is 0.125. The first-order valence-corrected chi connectivity index (χ1v) is 7.06. The van der Waals surface area contributed by atoms with Crippen molar-refractivity contribution in [3.63, 3.8) is 0 Å². The van der Waals surface area contributed by atoms with Crippen molar-refractivity contribution in [2.24, 2.45) is 0 Å². The molecule has 1 aromatic carbocycles. The number of carbonyl (C=O) groups is 1. The lowest BCUT2D eigenvalue weighted by Gasteiger charge is -2.29. The van der Waals surface area contributed by atoms with Crippen molar-refractivity contribution >= 4 is 16.8 Å². The summed E-state index contributed by atoms with van der Waals surface area (Å²) in [7, 11) is 0. The van der Waals surface area contributed by atoms with Crippen molar-refractivity contribution in [1.82, 2.24) is 9.88 Å². The number of aromatic amines is 1. The van der Waals surface area contributed by atoms with E-state index in [0.717, 1.165) is 42.4 Å². The zero-order valence-electron chi connectivity index (χ0n) is 11.9. The minimum atomic E-state index is -0.642. The van der Waals surface area contributed by atoms with E-state index in [1.807, 2.05) is 24.9 Å². The van der Waals surface area contributed by atoms with E-state index in [-0.39, 0.29) is 11.7 Å². The molecule has 0 saturated carbocycles. The van der Waals surface area contributed by atoms with Crippen molar-refractivity contribution in [1.29, 1.82) is 0 Å². The number of benzene rings is 1. The summed E-state index contributed by atoms with van der Waals surface area (Å²) >= 11 is 0. The predicted octanol–water partition coefficient (Wildman–Crippen LogP) is 3.21. The molecule has 1 aliphatic rings. The van der Waals surface area contributed by atoms with E-state index in [4.69, 9.17) is 0 Å². The molecule has 3 rings (SSSR count). The number of carbonyl (C=O) groups excluding carboxylic acids is 1. The molecular formula is C16H19FN2O. The largest absolute Gasteiger partial charge is 0.361 e. The van der Waals surface area contributed by atoms with Crippen LogP contribution >= 0.6 is 0 Å². The van der Waals surface area contributed by atoms with Crippen LogP contribution in [0.1, 0.15) is 32.3 Å². The highest BCUT2D eigenvalue weighted by atomic mass is 19.1. The molecule has 20 heavy (non-hydrogen) atoms. The Bertz CT molecular complexity index is 654. The second-order valence-corrected chi connectivity index (χ2v) is 6.02. The fourth-order valence-electron chi connectivity index (χ4n) is 3.04. The molecule has 0 radical (unpaired) electrons. The highest BCUT2D eigenvalue weighted by molar-refractivity contribution is 5.94. The van der Waals surface area contributed by atoms with E-state index < -0.39 is 5.41 Å². The van der Waals surface area contributed by atoms with Gasteiger partial charge in [0.1, 0.15) is 5.82 Å². The molecule has 0 unspecified atom stereocenters. The molecule has 0 aliphatic carbocycles. The number of hydrogen-bond acceptors (Lipinski definition) is 1. The number of rotatable bonds is 2. The van der Waals surface area contributed by atoms with E-state index in [1.165, 1.54) is 12.1 Å². The van der Waals surface area contributed by atoms with Crippen LogP contribution in [0, 0.1) is 5.82 Å². The van der Waals surface area contributed by atoms with Gasteiger partial charge in [0.2, 0.25) is 5.91 Å². The number of H-pyrrole nitrogens is 1. The Hall–Kier alpha value is -1.84. The zero-order chi connectivity index (χ0) is 14.3. The van der Waals surface area contributed by atoms with E-state index in [1.54, 1.807) is 6.07 Å². The molecule has 1 saturated heterocycles. The summed E-state index contributed by atoms with van der Waals surface area (Å²) in [4.78, 5) is 17.8. The highest BCUT2D eigenvalue weighted by Gasteiger charge is 2.36. The van der Waals surface area contributed by atoms with Gasteiger partial charge in [-0.25, -0.2) is 4.39 Å². The Morgan fingerprint density at radius 1 is 1.30 bits per heavy atom. The quantitative estimate of drug-likeness (QED) is 0.897. The van der Waals surface area contributed by atoms with Crippen molar-refractivity contribution in [2.45, 2.75) is 32.1 Å². The van der Waals surface area contributed by atoms with E-state index in [0.29, 0.717) is 0 Å². The predicted molar refractivity (Wildman–Crippen MR) is 77.1 cm³/mol. The Morgan fingerprint density at radius 3 is 2.70 bits per heavy atom. The summed E-state index contributed by atoms with van der Waals surface area (Å²) < 4.78 is 13.5. The third kappa shape index (κ3) is 1.99. The molecule has 0 spiro atoms. The van der Waals surface area contributed by atoms with Gasteiger partial charge in [-0.15, -0.1) is 0 Å². The average Bonchev–Trinajstić information content (AvgIpc) is 3.06. The van der Waals surface area contributed by atoms with Gasteiger partial charge < -0.3 is 9.88 Å². The molecule has 1 fully saturated rings. The molecule has 0 bridgehead atoms. The third-order valence-electron chi connectivity index (χ3n) is 4.25. The Morgan fingerprint density at radius 2 is 2.00 bits per heavy atom. The van der Waals surface area contributed by atoms with E-state index >= 15 is 0 Å². The molecule has 3 nitrogen and oxygen atoms in total. The topological polar surface area (TPSA) is 36.1 Å². The number of amides is 1. The Balaban J connectivity index is 2.03. The van der Waals surface area contributed by atoms with Crippen molar-refractivity contribution in [3.05, 3.63) is 35.8 Å². The maximum Gasteiger partial charge on any atom is 0.232 e. The zero-order valence-corrected chi connectivity index (χ0v) is 11.9. The van der Waals surface area contributed by atoms with Gasteiger partial charge in [-0.05, 0) is 50.5 Å². The Kier molecular flexibility index (Phi) is 3.04. The van der Waals surface area contributed by atoms with E-state index in [9.17, 15) is 9.18 Å². The van der Waals surface area contributed by atoms with Gasteiger partial charge >= 0.3 is 0 Å². The molecule has 1 aliphatic heterocycles. The molecule has 1 N–H and O–H groups in total. The van der Waals surface area contributed by atoms with Crippen LogP contribution in [0.3, 0.4) is 0 Å². The summed E-state index contributed by atoms with van der Waals surface area (Å²) in [5.74, 6) is -0.150. The van der Waals surface area contributed by atoms with Gasteiger partial charge in [-0.1, -0.05) is 0 Å². The van der Waals surface area contributed by atoms with Crippen LogP contribution in [0.5, 0.6) is 0 Å². The summed E-state index contributed by atoms with van der Waals surface area (Å²) in [6.45, 7) is 5.50. The number of halogens is 1. The van der Waals surface area contributed by atoms with Crippen molar-refractivity contribution in [2.75, 3.05) is 13.1 Å². The molecule has 0 atom stereocenters. The molecule has 2 aromatic rings. The summed E-state index contributed by atoms with van der Waals surface area (Å²) in [6, 6.07) is 4.64. The van der Waals surface area contributed by atoms with Gasteiger partial charge in [0.25, 0.3) is 0 Å². The van der Waals surface area contributed by atoms with Crippen LogP contribution in [0.2, 0.25) is 0 Å². The van der Waals surface area contributed by atoms with Gasteiger partial charge in [0.15, 0.2) is 0 Å². The van der Waals surface area contributed by atoms with Crippen LogP contribution in [0.25, 0.3) is 10.9 Å². The number of hydrogen-bond donors (Lipinski definition) is 1. The highest BCUT2D eigenvalue weighted by Crippen LogP contribution is 2.33. The SMILES string of the molecule is CC(C)(C(=O)N1CCCC1)c1c[nH]c2ccc(F)cc12. The first kappa shape index (κ1) is 13.2. The molecular weight excluding hydrogens is 255 g/mol. The number of likely N-dealkylation sites (tertiary alicyclic amines) is 1. The second-order valence-electron chi connectivity index (χ2n) is 6.02. The minimum Gasteiger partial charge on any atom is -0.361 e. The van der Waals surface area contributed by atoms with Gasteiger partial charge in [0.05, 0.1) is 5.41 Å². The monoisotopic (exact) mass is 274 g/mol. The lowest BCUT2D eigenvalue weighted by molar-refractivity contribution is -0.135. The van der Waals surface area contributed by atoms with Crippen LogP contribution in [0.15, 0.2) is 24.4 Å². The van der Waals surface area contributed by atoms with Crippen LogP contribution in [0.4, 0.5) is 4.39 Å². The second kappa shape index (κ2) is 4.62. The normalized spacial score (nSPS) is 16.1. The molecule has 1 amide bonds. The van der Waals surface area contributed by atoms with Gasteiger partial charge in [-0.2, -0.15) is 0 Å². The average molecular weight is 274 g/mol. The van der Waals surface area contributed by atoms with Crippen molar-refractivity contribution < 1.29 is 9.18 Å². The number of fused-ring (bicyclic) bond motifs is 1. The van der Waals surface area contributed by atoms with E-state index in [2.05, 4.69) is 4.98 Å². The first-order valence-electron chi connectivity index (χ1n) is 7.06. The Labute approximate surface area is 117 Å². The fraction of sp³-hybridized carbons (Fsp3) is 0.438.